The van der Waals surface area contributed by atoms with Gasteiger partial charge in [-0.2, -0.15) is 0 Å². The number of rotatable bonds is 2. The van der Waals surface area contributed by atoms with Crippen molar-refractivity contribution >= 4 is 0 Å². The summed E-state index contributed by atoms with van der Waals surface area (Å²) in [5.74, 6) is -3.29. The molecule has 1 nitrogen and oxygen atoms in total. The standard InChI is InChI=1S/C11H12F3N/c1-7-2-3-8(12)4-9(7)10(6-15)5-11(10,13)14/h2-4H,5-6,15H2,1H3. The van der Waals surface area contributed by atoms with Crippen molar-refractivity contribution in [2.24, 2.45) is 5.73 Å². The zero-order valence-electron chi connectivity index (χ0n) is 8.36. The van der Waals surface area contributed by atoms with Crippen LogP contribution in [0.25, 0.3) is 0 Å². The number of hydrogen-bond donors (Lipinski definition) is 1. The Bertz CT molecular complexity index is 403. The van der Waals surface area contributed by atoms with Crippen molar-refractivity contribution in [1.29, 1.82) is 0 Å². The molecule has 0 aromatic heterocycles. The lowest BCUT2D eigenvalue weighted by atomic mass is 9.91. The second kappa shape index (κ2) is 2.98. The van der Waals surface area contributed by atoms with Crippen molar-refractivity contribution < 1.29 is 13.2 Å². The van der Waals surface area contributed by atoms with Crippen LogP contribution in [0.4, 0.5) is 13.2 Å². The Kier molecular flexibility index (Phi) is 2.08. The minimum absolute atomic E-state index is 0.149. The van der Waals surface area contributed by atoms with Crippen LogP contribution in [-0.2, 0) is 5.41 Å². The molecule has 0 saturated heterocycles. The third-order valence-electron chi connectivity index (χ3n) is 3.16. The van der Waals surface area contributed by atoms with Gasteiger partial charge in [-0.15, -0.1) is 0 Å². The van der Waals surface area contributed by atoms with Crippen molar-refractivity contribution in [3.05, 3.63) is 35.1 Å². The molecule has 1 aliphatic rings. The summed E-state index contributed by atoms with van der Waals surface area (Å²) >= 11 is 0. The van der Waals surface area contributed by atoms with E-state index in [0.717, 1.165) is 0 Å². The van der Waals surface area contributed by atoms with Gasteiger partial charge in [0, 0.05) is 13.0 Å². The van der Waals surface area contributed by atoms with E-state index in [1.54, 1.807) is 6.92 Å². The van der Waals surface area contributed by atoms with Gasteiger partial charge in [0.1, 0.15) is 5.82 Å². The molecule has 0 amide bonds. The predicted octanol–water partition coefficient (Wildman–Crippen LogP) is 2.37. The molecule has 82 valence electrons. The lowest BCUT2D eigenvalue weighted by Gasteiger charge is -2.17. The van der Waals surface area contributed by atoms with Gasteiger partial charge in [0.2, 0.25) is 0 Å². The van der Waals surface area contributed by atoms with E-state index >= 15 is 0 Å². The van der Waals surface area contributed by atoms with Crippen molar-refractivity contribution in [3.63, 3.8) is 0 Å². The number of benzene rings is 1. The molecule has 1 unspecified atom stereocenters. The topological polar surface area (TPSA) is 26.0 Å². The summed E-state index contributed by atoms with van der Waals surface area (Å²) in [6.45, 7) is 1.55. The minimum atomic E-state index is -2.79. The Morgan fingerprint density at radius 2 is 2.00 bits per heavy atom. The van der Waals surface area contributed by atoms with Gasteiger partial charge >= 0.3 is 0 Å². The zero-order valence-corrected chi connectivity index (χ0v) is 8.36. The summed E-state index contributed by atoms with van der Waals surface area (Å²) in [5, 5.41) is 0. The van der Waals surface area contributed by atoms with Crippen LogP contribution in [0.2, 0.25) is 0 Å². The Morgan fingerprint density at radius 1 is 1.40 bits per heavy atom. The second-order valence-corrected chi connectivity index (χ2v) is 4.13. The number of halogens is 3. The molecule has 0 radical (unpaired) electrons. The Hall–Kier alpha value is -1.03. The van der Waals surface area contributed by atoms with E-state index in [9.17, 15) is 13.2 Å². The van der Waals surface area contributed by atoms with Crippen LogP contribution in [0.15, 0.2) is 18.2 Å². The second-order valence-electron chi connectivity index (χ2n) is 4.13. The number of aryl methyl sites for hydroxylation is 1. The molecule has 0 heterocycles. The average molecular weight is 215 g/mol. The van der Waals surface area contributed by atoms with E-state index in [1.165, 1.54) is 18.2 Å². The molecule has 1 atom stereocenters. The van der Waals surface area contributed by atoms with Gasteiger partial charge < -0.3 is 5.73 Å². The van der Waals surface area contributed by atoms with Crippen molar-refractivity contribution in [1.82, 2.24) is 0 Å². The van der Waals surface area contributed by atoms with Crippen LogP contribution >= 0.6 is 0 Å². The SMILES string of the molecule is Cc1ccc(F)cc1C1(CN)CC1(F)F. The molecule has 1 aliphatic carbocycles. The third-order valence-corrected chi connectivity index (χ3v) is 3.16. The largest absolute Gasteiger partial charge is 0.329 e. The Labute approximate surface area is 86.1 Å². The maximum atomic E-state index is 13.2. The van der Waals surface area contributed by atoms with Gasteiger partial charge in [0.15, 0.2) is 0 Å². The van der Waals surface area contributed by atoms with Gasteiger partial charge in [-0.05, 0) is 30.2 Å². The first kappa shape index (κ1) is 10.5. The summed E-state index contributed by atoms with van der Waals surface area (Å²) in [7, 11) is 0. The highest BCUT2D eigenvalue weighted by molar-refractivity contribution is 5.43. The highest BCUT2D eigenvalue weighted by atomic mass is 19.3. The van der Waals surface area contributed by atoms with E-state index in [2.05, 4.69) is 0 Å². The van der Waals surface area contributed by atoms with Crippen LogP contribution in [0.1, 0.15) is 17.5 Å². The summed E-state index contributed by atoms with van der Waals surface area (Å²) in [6, 6.07) is 3.95. The third kappa shape index (κ3) is 1.35. The van der Waals surface area contributed by atoms with Crippen molar-refractivity contribution in [2.75, 3.05) is 6.54 Å². The molecule has 1 aromatic carbocycles. The van der Waals surface area contributed by atoms with E-state index in [0.29, 0.717) is 11.1 Å². The smallest absolute Gasteiger partial charge is 0.260 e. The highest BCUT2D eigenvalue weighted by Gasteiger charge is 2.71. The Morgan fingerprint density at radius 3 is 2.47 bits per heavy atom. The molecule has 1 aromatic rings. The average Bonchev–Trinajstić information content (AvgIpc) is 2.74. The number of hydrogen-bond acceptors (Lipinski definition) is 1. The summed E-state index contributed by atoms with van der Waals surface area (Å²) in [5.41, 5.74) is 5.07. The molecule has 4 heteroatoms. The molecule has 15 heavy (non-hydrogen) atoms. The van der Waals surface area contributed by atoms with Gasteiger partial charge in [0.25, 0.3) is 5.92 Å². The zero-order chi connectivity index (χ0) is 11.3. The quantitative estimate of drug-likeness (QED) is 0.805. The summed E-state index contributed by atoms with van der Waals surface area (Å²) in [6.07, 6.45) is -0.277. The van der Waals surface area contributed by atoms with Crippen molar-refractivity contribution in [3.8, 4) is 0 Å². The monoisotopic (exact) mass is 215 g/mol. The van der Waals surface area contributed by atoms with Gasteiger partial charge in [-0.3, -0.25) is 0 Å². The highest BCUT2D eigenvalue weighted by Crippen LogP contribution is 2.61. The van der Waals surface area contributed by atoms with Crippen LogP contribution in [0.5, 0.6) is 0 Å². The molecule has 1 fully saturated rings. The lowest BCUT2D eigenvalue weighted by Crippen LogP contribution is -2.27. The molecule has 1 saturated carbocycles. The van der Waals surface area contributed by atoms with Crippen LogP contribution in [0.3, 0.4) is 0 Å². The molecule has 0 spiro atoms. The molecule has 0 bridgehead atoms. The first-order chi connectivity index (χ1) is 6.93. The summed E-state index contributed by atoms with van der Waals surface area (Å²) in [4.78, 5) is 0. The molecule has 2 N–H and O–H groups in total. The molecular formula is C11H12F3N. The van der Waals surface area contributed by atoms with Crippen molar-refractivity contribution in [2.45, 2.75) is 24.7 Å². The van der Waals surface area contributed by atoms with Gasteiger partial charge in [-0.25, -0.2) is 13.2 Å². The number of alkyl halides is 2. The van der Waals surface area contributed by atoms with E-state index in [1.807, 2.05) is 0 Å². The fraction of sp³-hybridized carbons (Fsp3) is 0.455. The molecule has 2 rings (SSSR count). The molecule has 0 aliphatic heterocycles. The maximum absolute atomic E-state index is 13.2. The fourth-order valence-electron chi connectivity index (χ4n) is 2.07. The Balaban J connectivity index is 2.50. The molecular weight excluding hydrogens is 203 g/mol. The van der Waals surface area contributed by atoms with Crippen LogP contribution in [-0.4, -0.2) is 12.5 Å². The minimum Gasteiger partial charge on any atom is -0.329 e. The summed E-state index contributed by atoms with van der Waals surface area (Å²) < 4.78 is 39.5. The van der Waals surface area contributed by atoms with E-state index < -0.39 is 17.2 Å². The van der Waals surface area contributed by atoms with E-state index in [-0.39, 0.29) is 13.0 Å². The lowest BCUT2D eigenvalue weighted by molar-refractivity contribution is 0.0894. The fourth-order valence-corrected chi connectivity index (χ4v) is 2.07. The van der Waals surface area contributed by atoms with Crippen LogP contribution in [0, 0.1) is 12.7 Å². The van der Waals surface area contributed by atoms with Gasteiger partial charge in [-0.1, -0.05) is 6.07 Å². The predicted molar refractivity (Wildman–Crippen MR) is 51.4 cm³/mol. The van der Waals surface area contributed by atoms with Crippen LogP contribution < -0.4 is 5.73 Å². The van der Waals surface area contributed by atoms with E-state index in [4.69, 9.17) is 5.73 Å². The maximum Gasteiger partial charge on any atom is 0.260 e. The normalized spacial score (nSPS) is 27.8. The first-order valence-electron chi connectivity index (χ1n) is 4.77. The van der Waals surface area contributed by atoms with Gasteiger partial charge in [0.05, 0.1) is 5.41 Å². The number of nitrogens with two attached hydrogens (primary N) is 1. The first-order valence-corrected chi connectivity index (χ1v) is 4.77.